The first-order chi connectivity index (χ1) is 42.7. The second kappa shape index (κ2) is 38.0. The SMILES string of the molecule is CC(=O)NCCOCCCCC(=O)NNc1ccn([C@H]2C[C@H](O)[C@@H](COP(=O)(O)OP(=O)(O)OP(=O)(O)O)O2)c(=O)c1.CC(=O)NCCOCCCCC(=O)ON1C(=O)CCC1=O.NNc1ccn([C@H]2C[C@H](O)[C@@H](COP(=O)(O)OP(=O)(O)OP(=O)(O)O)O2)c(=O)c1. The fourth-order valence-electron chi connectivity index (χ4n) is 7.41. The third kappa shape index (κ3) is 32.9. The molecule has 524 valence electrons. The number of hydrazine groups is 2. The number of unbranched alkanes of at least 4 members (excludes halogenated alkanes) is 2. The van der Waals surface area contributed by atoms with Crippen molar-refractivity contribution in [2.45, 2.75) is 115 Å². The van der Waals surface area contributed by atoms with Crippen LogP contribution in [0.4, 0.5) is 11.4 Å². The number of nitrogens with one attached hydrogen (secondary N) is 5. The highest BCUT2D eigenvalue weighted by atomic mass is 31.3. The summed E-state index contributed by atoms with van der Waals surface area (Å²) >= 11 is 0. The Morgan fingerprint density at radius 1 is 0.587 bits per heavy atom. The van der Waals surface area contributed by atoms with Gasteiger partial charge in [0.2, 0.25) is 17.7 Å². The number of rotatable bonds is 36. The molecule has 50 heteroatoms. The van der Waals surface area contributed by atoms with Gasteiger partial charge in [0.1, 0.15) is 24.7 Å². The lowest BCUT2D eigenvalue weighted by Gasteiger charge is -2.19. The van der Waals surface area contributed by atoms with E-state index in [-0.39, 0.29) is 61.9 Å². The highest BCUT2D eigenvalue weighted by Crippen LogP contribution is 2.67. The number of aromatic nitrogens is 2. The number of nitrogens with two attached hydrogens (primary N) is 1. The van der Waals surface area contributed by atoms with Gasteiger partial charge in [0.25, 0.3) is 22.9 Å². The van der Waals surface area contributed by atoms with Crippen molar-refractivity contribution >= 4 is 93.8 Å². The predicted octanol–water partition coefficient (Wildman–Crippen LogP) is -1.35. The lowest BCUT2D eigenvalue weighted by Crippen LogP contribution is -2.31. The molecule has 0 saturated carbocycles. The molecule has 2 aromatic rings. The van der Waals surface area contributed by atoms with Crippen LogP contribution in [0.3, 0.4) is 0 Å². The zero-order valence-electron chi connectivity index (χ0n) is 48.4. The molecule has 3 fully saturated rings. The van der Waals surface area contributed by atoms with E-state index in [0.29, 0.717) is 76.0 Å². The second-order valence-electron chi connectivity index (χ2n) is 18.9. The van der Waals surface area contributed by atoms with Gasteiger partial charge in [0.15, 0.2) is 0 Å². The van der Waals surface area contributed by atoms with Crippen LogP contribution in [0.2, 0.25) is 0 Å². The molecule has 2 aromatic heterocycles. The van der Waals surface area contributed by atoms with Crippen LogP contribution in [-0.2, 0) is 106 Å². The van der Waals surface area contributed by atoms with Crippen LogP contribution in [0.5, 0.6) is 0 Å². The number of carbonyl (C=O) groups excluding carboxylic acids is 6. The van der Waals surface area contributed by atoms with Gasteiger partial charge < -0.3 is 89.2 Å². The summed E-state index contributed by atoms with van der Waals surface area (Å²) in [6, 6.07) is 5.18. The average molecular weight is 1450 g/mol. The lowest BCUT2D eigenvalue weighted by atomic mass is 10.2. The molecule has 10 atom stereocenters. The normalized spacial score (nSPS) is 21.6. The molecule has 0 aliphatic carbocycles. The Morgan fingerprint density at radius 2 is 1.00 bits per heavy atom. The third-order valence-electron chi connectivity index (χ3n) is 11.4. The molecule has 0 radical (unpaired) electrons. The fourth-order valence-corrected chi connectivity index (χ4v) is 13.5. The molecule has 3 aliphatic rings. The standard InChI is InChI=1S/C19H33N4O16P3.C13H20N2O6.C10H18N3O13P3/c1-13(24)20-6-9-35-8-3-2-4-17(26)22-21-14-5-7-23(18(27)10-14)19-11-15(25)16(37-19)12-36-41(31,32)39-42(33,34)38-40(28,29)30;1-10(16)14-7-9-20-8-3-2-4-13(19)21-15-11(17)5-6-12(15)18;11-12-6-1-2-13(9(15)3-6)10-4-7(14)8(24-10)5-23-28(19,20)26-29(21,22)25-27(16,17)18/h5,7,10,15-16,19,21,25H,2-4,6,8-9,11-12H2,1H3,(H,20,24)(H,22,26)(H,31,32)(H,33,34)(H2,28,29,30);2-9H2,1H3,(H,14,16);1-3,7-8,10,12,14H,4-5,11H2,(H,19,20)(H,21,22)(H2,16,17,18)/t15-,16+,19+;;7-,8+,10+/m0.0/s1. The maximum Gasteiger partial charge on any atom is 0.490 e. The molecule has 5 heterocycles. The molecule has 44 nitrogen and oxygen atoms in total. The number of phosphoric ester groups is 2. The molecule has 0 bridgehead atoms. The van der Waals surface area contributed by atoms with E-state index in [1.807, 2.05) is 0 Å². The van der Waals surface area contributed by atoms with Gasteiger partial charge in [-0.15, -0.1) is 5.06 Å². The number of phosphoric acid groups is 6. The maximum atomic E-state index is 12.6. The van der Waals surface area contributed by atoms with Crippen molar-refractivity contribution in [3.63, 3.8) is 0 Å². The van der Waals surface area contributed by atoms with E-state index in [1.54, 1.807) is 0 Å². The molecular weight excluding hydrogens is 1380 g/mol. The minimum Gasteiger partial charge on any atom is -0.390 e. The molecule has 3 saturated heterocycles. The molecule has 5 rings (SSSR count). The lowest BCUT2D eigenvalue weighted by molar-refractivity contribution is -0.197. The number of imide groups is 1. The zero-order valence-corrected chi connectivity index (χ0v) is 53.8. The minimum atomic E-state index is -5.71. The Labute approximate surface area is 520 Å². The van der Waals surface area contributed by atoms with E-state index in [0.717, 1.165) is 21.3 Å². The van der Waals surface area contributed by atoms with Crippen LogP contribution in [0.1, 0.15) is 90.5 Å². The van der Waals surface area contributed by atoms with Crippen LogP contribution >= 0.6 is 46.9 Å². The van der Waals surface area contributed by atoms with Crippen molar-refractivity contribution in [3.05, 3.63) is 57.4 Å². The molecule has 0 spiro atoms. The summed E-state index contributed by atoms with van der Waals surface area (Å²) in [6.07, 6.45) is -1.93. The van der Waals surface area contributed by atoms with Crippen LogP contribution < -0.4 is 43.9 Å². The summed E-state index contributed by atoms with van der Waals surface area (Å²) in [7, 11) is -33.2. The Hall–Kier alpha value is -4.94. The van der Waals surface area contributed by atoms with E-state index in [2.05, 4.69) is 53.2 Å². The number of aliphatic hydroxyl groups is 2. The van der Waals surface area contributed by atoms with Crippen molar-refractivity contribution in [1.29, 1.82) is 0 Å². The number of ether oxygens (including phenoxy) is 4. The topological polar surface area (TPSA) is 642 Å². The number of carbonyl (C=O) groups is 6. The summed E-state index contributed by atoms with van der Waals surface area (Å²) in [6.45, 7) is 3.66. The van der Waals surface area contributed by atoms with Gasteiger partial charge in [-0.3, -0.25) is 68.4 Å². The van der Waals surface area contributed by atoms with Gasteiger partial charge in [0, 0.05) is 103 Å². The van der Waals surface area contributed by atoms with Crippen molar-refractivity contribution in [3.8, 4) is 0 Å². The number of nitrogen functional groups attached to an aromatic ring is 1. The highest BCUT2D eigenvalue weighted by Gasteiger charge is 2.45. The van der Waals surface area contributed by atoms with Crippen LogP contribution in [0, 0.1) is 0 Å². The first kappa shape index (κ1) is 81.3. The van der Waals surface area contributed by atoms with Crippen molar-refractivity contribution in [1.82, 2.24) is 30.3 Å². The quantitative estimate of drug-likeness (QED) is 0.0123. The number of aliphatic hydroxyl groups excluding tert-OH is 2. The van der Waals surface area contributed by atoms with Gasteiger partial charge in [-0.05, 0) is 37.8 Å². The van der Waals surface area contributed by atoms with Crippen LogP contribution in [-0.4, -0.2) is 176 Å². The number of hydroxylamine groups is 2. The van der Waals surface area contributed by atoms with E-state index in [1.165, 1.54) is 38.4 Å². The zero-order chi connectivity index (χ0) is 69.3. The third-order valence-corrected chi connectivity index (χ3v) is 19.0. The minimum absolute atomic E-state index is 0.0915. The monoisotopic (exact) mass is 1450 g/mol. The Morgan fingerprint density at radius 3 is 1.40 bits per heavy atom. The van der Waals surface area contributed by atoms with Gasteiger partial charge >= 0.3 is 52.9 Å². The number of nitrogens with zero attached hydrogens (tertiary/aromatic N) is 3. The summed E-state index contributed by atoms with van der Waals surface area (Å²) in [5.74, 6) is 3.05. The molecule has 92 heavy (non-hydrogen) atoms. The fraction of sp³-hybridized carbons (Fsp3) is 0.619. The molecule has 0 aromatic carbocycles. The summed E-state index contributed by atoms with van der Waals surface area (Å²) < 4.78 is 114. The van der Waals surface area contributed by atoms with E-state index in [4.69, 9.17) is 54.1 Å². The number of hydrogen-bond donors (Lipinski definition) is 16. The van der Waals surface area contributed by atoms with Crippen LogP contribution in [0.25, 0.3) is 0 Å². The smallest absolute Gasteiger partial charge is 0.390 e. The molecular formula is C42H71N9O35P6. The first-order valence-electron chi connectivity index (χ1n) is 26.6. The molecule has 17 N–H and O–H groups in total. The number of pyridine rings is 2. The van der Waals surface area contributed by atoms with Crippen molar-refractivity contribution in [2.75, 3.05) is 63.6 Å². The summed E-state index contributed by atoms with van der Waals surface area (Å²) in [5.41, 5.74) is 6.77. The van der Waals surface area contributed by atoms with Gasteiger partial charge in [-0.1, -0.05) is 0 Å². The molecule has 3 aliphatic heterocycles. The van der Waals surface area contributed by atoms with E-state index < -0.39 is 126 Å². The van der Waals surface area contributed by atoms with E-state index >= 15 is 0 Å². The Balaban J connectivity index is 0.000000384. The molecule has 5 amide bonds. The average Bonchev–Trinajstić information content (AvgIpc) is 1.67. The number of anilines is 2. The van der Waals surface area contributed by atoms with E-state index in [9.17, 15) is 90.6 Å². The molecule has 4 unspecified atom stereocenters. The summed E-state index contributed by atoms with van der Waals surface area (Å²) in [4.78, 5) is 168. The number of hydrogen-bond acceptors (Lipinski definition) is 30. The van der Waals surface area contributed by atoms with Gasteiger partial charge in [-0.25, -0.2) is 32.2 Å². The first-order valence-corrected chi connectivity index (χ1v) is 35.6. The van der Waals surface area contributed by atoms with Crippen molar-refractivity contribution < 1.29 is 156 Å². The summed E-state index contributed by atoms with van der Waals surface area (Å²) in [5, 5.41) is 25.9. The predicted molar refractivity (Wildman–Crippen MR) is 304 cm³/mol. The largest absolute Gasteiger partial charge is 0.490 e. The second-order valence-corrected chi connectivity index (χ2v) is 27.8. The van der Waals surface area contributed by atoms with Gasteiger partial charge in [0.05, 0.1) is 50.0 Å². The van der Waals surface area contributed by atoms with Gasteiger partial charge in [-0.2, -0.15) is 17.2 Å². The van der Waals surface area contributed by atoms with Crippen LogP contribution in [0.15, 0.2) is 46.2 Å². The highest BCUT2D eigenvalue weighted by molar-refractivity contribution is 7.67. The Bertz CT molecular complexity index is 3220. The van der Waals surface area contributed by atoms with Crippen molar-refractivity contribution in [2.24, 2.45) is 5.84 Å². The maximum absolute atomic E-state index is 12.6. The number of amides is 5. The Kier molecular flexibility index (Phi) is 33.6.